The van der Waals surface area contributed by atoms with Crippen molar-refractivity contribution in [2.24, 2.45) is 0 Å². The number of carbonyl (C=O) groups is 1. The lowest BCUT2D eigenvalue weighted by molar-refractivity contribution is 0.104. The molecule has 0 saturated carbocycles. The van der Waals surface area contributed by atoms with Gasteiger partial charge in [-0.2, -0.15) is 0 Å². The van der Waals surface area contributed by atoms with Gasteiger partial charge in [0, 0.05) is 0 Å². The fourth-order valence-corrected chi connectivity index (χ4v) is 0.567. The summed E-state index contributed by atoms with van der Waals surface area (Å²) in [4.78, 5) is 10.9. The Labute approximate surface area is 73.7 Å². The fraction of sp³-hybridized carbons (Fsp3) is 0.875. The van der Waals surface area contributed by atoms with Crippen LogP contribution in [0.25, 0.3) is 0 Å². The van der Waals surface area contributed by atoms with Crippen LogP contribution in [-0.2, 0) is 4.74 Å². The number of hydrogen-bond donors (Lipinski definition) is 2. The Hall–Kier alpha value is -0.770. The maximum Gasteiger partial charge on any atom is 0.408 e. The molecule has 72 valence electrons. The van der Waals surface area contributed by atoms with Gasteiger partial charge in [0.05, 0.1) is 6.67 Å². The summed E-state index contributed by atoms with van der Waals surface area (Å²) in [5.41, 5.74) is 0. The number of rotatable bonds is 5. The first-order valence-electron chi connectivity index (χ1n) is 4.35. The van der Waals surface area contributed by atoms with Gasteiger partial charge in [0.1, 0.15) is 6.10 Å². The lowest BCUT2D eigenvalue weighted by Gasteiger charge is -2.11. The molecule has 4 nitrogen and oxygen atoms in total. The molecule has 0 rings (SSSR count). The van der Waals surface area contributed by atoms with Crippen molar-refractivity contribution in [2.45, 2.75) is 33.3 Å². The molecule has 0 saturated heterocycles. The smallest absolute Gasteiger partial charge is 0.408 e. The van der Waals surface area contributed by atoms with Crippen LogP contribution in [0.2, 0.25) is 0 Å². The Balaban J connectivity index is 3.33. The lowest BCUT2D eigenvalue weighted by atomic mass is 10.3. The van der Waals surface area contributed by atoms with E-state index >= 15 is 0 Å². The monoisotopic (exact) mass is 174 g/mol. The summed E-state index contributed by atoms with van der Waals surface area (Å²) in [6, 6.07) is 0. The van der Waals surface area contributed by atoms with Crippen molar-refractivity contribution in [3.05, 3.63) is 0 Å². The fourth-order valence-electron chi connectivity index (χ4n) is 0.567. The number of carbonyl (C=O) groups excluding carboxylic acids is 1. The molecule has 12 heavy (non-hydrogen) atoms. The van der Waals surface area contributed by atoms with Crippen molar-refractivity contribution >= 4 is 6.09 Å². The van der Waals surface area contributed by atoms with E-state index in [-0.39, 0.29) is 12.2 Å². The van der Waals surface area contributed by atoms with Crippen LogP contribution in [0.3, 0.4) is 0 Å². The molecule has 0 radical (unpaired) electrons. The summed E-state index contributed by atoms with van der Waals surface area (Å²) in [5.74, 6) is 0. The maximum absolute atomic E-state index is 10.9. The molecule has 4 heteroatoms. The van der Waals surface area contributed by atoms with Crippen LogP contribution in [-0.4, -0.2) is 25.4 Å². The van der Waals surface area contributed by atoms with Gasteiger partial charge in [0.15, 0.2) is 0 Å². The molecule has 0 aromatic carbocycles. The molecule has 2 N–H and O–H groups in total. The molecule has 0 aliphatic rings. The topological polar surface area (TPSA) is 50.4 Å². The van der Waals surface area contributed by atoms with Gasteiger partial charge in [-0.15, -0.1) is 0 Å². The molecule has 0 aromatic heterocycles. The van der Waals surface area contributed by atoms with E-state index in [0.717, 1.165) is 13.0 Å². The number of alkyl carbamates (subject to hydrolysis) is 1. The second-order valence-corrected chi connectivity index (χ2v) is 2.58. The van der Waals surface area contributed by atoms with E-state index in [1.165, 1.54) is 0 Å². The van der Waals surface area contributed by atoms with Crippen molar-refractivity contribution in [2.75, 3.05) is 13.2 Å². The SMILES string of the molecule is CCNCNC(=O)OC(C)CC. The van der Waals surface area contributed by atoms with E-state index in [2.05, 4.69) is 10.6 Å². The van der Waals surface area contributed by atoms with Crippen molar-refractivity contribution in [3.63, 3.8) is 0 Å². The number of hydrogen-bond acceptors (Lipinski definition) is 3. The first-order chi connectivity index (χ1) is 5.70. The highest BCUT2D eigenvalue weighted by molar-refractivity contribution is 5.67. The van der Waals surface area contributed by atoms with Crippen LogP contribution < -0.4 is 10.6 Å². The maximum atomic E-state index is 10.9. The molecule has 1 unspecified atom stereocenters. The van der Waals surface area contributed by atoms with Gasteiger partial charge in [0.2, 0.25) is 0 Å². The molecule has 0 bridgehead atoms. The predicted molar refractivity (Wildman–Crippen MR) is 47.9 cm³/mol. The molecule has 1 atom stereocenters. The van der Waals surface area contributed by atoms with Crippen LogP contribution in [0, 0.1) is 0 Å². The van der Waals surface area contributed by atoms with E-state index in [1.807, 2.05) is 20.8 Å². The second kappa shape index (κ2) is 6.91. The van der Waals surface area contributed by atoms with E-state index in [1.54, 1.807) is 0 Å². The van der Waals surface area contributed by atoms with Crippen LogP contribution in [0.1, 0.15) is 27.2 Å². The summed E-state index contributed by atoms with van der Waals surface area (Å²) in [6.07, 6.45) is 0.478. The van der Waals surface area contributed by atoms with Gasteiger partial charge in [-0.05, 0) is 19.9 Å². The Morgan fingerprint density at radius 3 is 2.67 bits per heavy atom. The standard InChI is InChI=1S/C8H18N2O2/c1-4-7(3)12-8(11)10-6-9-5-2/h7,9H,4-6H2,1-3H3,(H,10,11). The van der Waals surface area contributed by atoms with Gasteiger partial charge in [-0.25, -0.2) is 4.79 Å². The zero-order valence-corrected chi connectivity index (χ0v) is 8.02. The minimum Gasteiger partial charge on any atom is -0.447 e. The highest BCUT2D eigenvalue weighted by atomic mass is 16.6. The normalized spacial score (nSPS) is 12.2. The molecule has 1 amide bonds. The molecule has 0 heterocycles. The lowest BCUT2D eigenvalue weighted by Crippen LogP contribution is -2.35. The van der Waals surface area contributed by atoms with Gasteiger partial charge in [-0.1, -0.05) is 13.8 Å². The first kappa shape index (κ1) is 11.2. The van der Waals surface area contributed by atoms with E-state index in [9.17, 15) is 4.79 Å². The largest absolute Gasteiger partial charge is 0.447 e. The summed E-state index contributed by atoms with van der Waals surface area (Å²) < 4.78 is 4.96. The quantitative estimate of drug-likeness (QED) is 0.484. The number of nitrogens with one attached hydrogen (secondary N) is 2. The number of ether oxygens (including phenoxy) is 1. The van der Waals surface area contributed by atoms with Crippen LogP contribution >= 0.6 is 0 Å². The predicted octanol–water partition coefficient (Wildman–Crippen LogP) is 1.08. The van der Waals surface area contributed by atoms with Gasteiger partial charge >= 0.3 is 6.09 Å². The average Bonchev–Trinajstić information content (AvgIpc) is 2.05. The zero-order chi connectivity index (χ0) is 9.40. The van der Waals surface area contributed by atoms with Crippen LogP contribution in [0.4, 0.5) is 4.79 Å². The summed E-state index contributed by atoms with van der Waals surface area (Å²) >= 11 is 0. The summed E-state index contributed by atoms with van der Waals surface area (Å²) in [7, 11) is 0. The van der Waals surface area contributed by atoms with Gasteiger partial charge in [0.25, 0.3) is 0 Å². The van der Waals surface area contributed by atoms with Crippen molar-refractivity contribution in [1.82, 2.24) is 10.6 Å². The number of amides is 1. The second-order valence-electron chi connectivity index (χ2n) is 2.58. The zero-order valence-electron chi connectivity index (χ0n) is 8.02. The molecular formula is C8H18N2O2. The Morgan fingerprint density at radius 2 is 2.17 bits per heavy atom. The third-order valence-corrected chi connectivity index (χ3v) is 1.49. The van der Waals surface area contributed by atoms with E-state index < -0.39 is 0 Å². The van der Waals surface area contributed by atoms with Gasteiger partial charge in [-0.3, -0.25) is 0 Å². The Morgan fingerprint density at radius 1 is 1.50 bits per heavy atom. The highest BCUT2D eigenvalue weighted by Crippen LogP contribution is 1.94. The molecule has 0 aliphatic carbocycles. The molecular weight excluding hydrogens is 156 g/mol. The van der Waals surface area contributed by atoms with Crippen LogP contribution in [0.5, 0.6) is 0 Å². The first-order valence-corrected chi connectivity index (χ1v) is 4.35. The van der Waals surface area contributed by atoms with Crippen molar-refractivity contribution in [1.29, 1.82) is 0 Å². The van der Waals surface area contributed by atoms with Crippen molar-refractivity contribution < 1.29 is 9.53 Å². The third-order valence-electron chi connectivity index (χ3n) is 1.49. The third kappa shape index (κ3) is 5.97. The minimum absolute atomic E-state index is 0.00775. The molecule has 0 fully saturated rings. The van der Waals surface area contributed by atoms with Crippen molar-refractivity contribution in [3.8, 4) is 0 Å². The van der Waals surface area contributed by atoms with E-state index in [4.69, 9.17) is 4.74 Å². The Kier molecular flexibility index (Phi) is 6.47. The van der Waals surface area contributed by atoms with Gasteiger partial charge < -0.3 is 15.4 Å². The molecule has 0 aliphatic heterocycles. The summed E-state index contributed by atoms with van der Waals surface area (Å²) in [6.45, 7) is 7.12. The highest BCUT2D eigenvalue weighted by Gasteiger charge is 2.04. The average molecular weight is 174 g/mol. The molecule has 0 aromatic rings. The minimum atomic E-state index is -0.356. The van der Waals surface area contributed by atoms with Crippen LogP contribution in [0.15, 0.2) is 0 Å². The molecule has 0 spiro atoms. The summed E-state index contributed by atoms with van der Waals surface area (Å²) in [5, 5.41) is 5.53. The van der Waals surface area contributed by atoms with E-state index in [0.29, 0.717) is 6.67 Å². The Bertz CT molecular complexity index is 128.